The number of hydrazone groups is 1. The van der Waals surface area contributed by atoms with Gasteiger partial charge in [0.1, 0.15) is 17.6 Å². The predicted octanol–water partition coefficient (Wildman–Crippen LogP) is 4.31. The lowest BCUT2D eigenvalue weighted by atomic mass is 10.0. The lowest BCUT2D eigenvalue weighted by Gasteiger charge is -2.19. The van der Waals surface area contributed by atoms with Crippen molar-refractivity contribution in [3.63, 3.8) is 0 Å². The van der Waals surface area contributed by atoms with E-state index < -0.39 is 26.9 Å². The maximum absolute atomic E-state index is 12.8. The summed E-state index contributed by atoms with van der Waals surface area (Å²) in [5, 5.41) is 14.8. The normalized spacial score (nSPS) is 12.7. The third kappa shape index (κ3) is 6.86. The minimum atomic E-state index is -3.91. The van der Waals surface area contributed by atoms with Gasteiger partial charge in [-0.15, -0.1) is 0 Å². The minimum absolute atomic E-state index is 0.0127. The number of amides is 1. The molecule has 1 amide bonds. The molecule has 0 fully saturated rings. The molecule has 2 aromatic carbocycles. The molecule has 190 valence electrons. The summed E-state index contributed by atoms with van der Waals surface area (Å²) in [6.45, 7) is 7.36. The Morgan fingerprint density at radius 1 is 1.11 bits per heavy atom. The van der Waals surface area contributed by atoms with Crippen molar-refractivity contribution < 1.29 is 22.6 Å². The molecule has 1 heterocycles. The number of aryl methyl sites for hydroxylation is 2. The molecule has 0 bridgehead atoms. The maximum Gasteiger partial charge on any atom is 0.269 e. The van der Waals surface area contributed by atoms with E-state index in [0.29, 0.717) is 22.6 Å². The zero-order valence-electron chi connectivity index (χ0n) is 20.4. The highest BCUT2D eigenvalue weighted by molar-refractivity contribution is 7.89. The smallest absolute Gasteiger partial charge is 0.269 e. The van der Waals surface area contributed by atoms with Crippen molar-refractivity contribution in [2.45, 2.75) is 45.1 Å². The van der Waals surface area contributed by atoms with Crippen LogP contribution in [0.4, 0.5) is 5.69 Å². The molecule has 10 nitrogen and oxygen atoms in total. The number of nitro groups is 1. The molecule has 11 heteroatoms. The number of rotatable bonds is 10. The molecule has 0 saturated carbocycles. The second-order valence-electron chi connectivity index (χ2n) is 8.81. The fourth-order valence-electron chi connectivity index (χ4n) is 3.50. The molecule has 3 aromatic rings. The molecule has 0 aliphatic rings. The molecular weight excluding hydrogens is 484 g/mol. The fraction of sp³-hybridized carbons (Fsp3) is 0.280. The van der Waals surface area contributed by atoms with Gasteiger partial charge in [-0.05, 0) is 62.1 Å². The van der Waals surface area contributed by atoms with Crippen molar-refractivity contribution in [3.8, 4) is 11.3 Å². The Balaban J connectivity index is 1.69. The molecule has 0 unspecified atom stereocenters. The highest BCUT2D eigenvalue weighted by atomic mass is 32.2. The molecule has 0 aliphatic heterocycles. The van der Waals surface area contributed by atoms with E-state index in [1.54, 1.807) is 37.3 Å². The Kier molecular flexibility index (Phi) is 8.38. The van der Waals surface area contributed by atoms with Gasteiger partial charge in [0.05, 0.1) is 16.0 Å². The molecule has 3 rings (SSSR count). The van der Waals surface area contributed by atoms with Crippen LogP contribution >= 0.6 is 0 Å². The zero-order valence-corrected chi connectivity index (χ0v) is 21.2. The van der Waals surface area contributed by atoms with Crippen LogP contribution < -0.4 is 10.1 Å². The van der Waals surface area contributed by atoms with Crippen LogP contribution in [0.3, 0.4) is 0 Å². The average Bonchev–Trinajstić information content (AvgIpc) is 3.26. The molecule has 0 aliphatic carbocycles. The Morgan fingerprint density at radius 2 is 1.81 bits per heavy atom. The molecule has 2 N–H and O–H groups in total. The number of carbonyl (C=O) groups excluding carboxylic acids is 1. The van der Waals surface area contributed by atoms with Gasteiger partial charge in [-0.1, -0.05) is 31.5 Å². The Hall–Kier alpha value is -3.83. The number of non-ortho nitro benzene ring substituents is 1. The van der Waals surface area contributed by atoms with Crippen molar-refractivity contribution in [3.05, 3.63) is 81.6 Å². The summed E-state index contributed by atoms with van der Waals surface area (Å²) in [5.74, 6) is 0.263. The first kappa shape index (κ1) is 26.8. The lowest BCUT2D eigenvalue weighted by molar-refractivity contribution is -0.384. The first-order valence-corrected chi connectivity index (χ1v) is 12.7. The van der Waals surface area contributed by atoms with Gasteiger partial charge in [0.2, 0.25) is 10.0 Å². The van der Waals surface area contributed by atoms with Crippen LogP contribution in [0.2, 0.25) is 0 Å². The first-order chi connectivity index (χ1) is 17.0. The minimum Gasteiger partial charge on any atom is -0.455 e. The zero-order chi connectivity index (χ0) is 26.5. The van der Waals surface area contributed by atoms with Gasteiger partial charge >= 0.3 is 0 Å². The topological polar surface area (TPSA) is 144 Å². The number of carbonyl (C=O) groups is 1. The van der Waals surface area contributed by atoms with Crippen LogP contribution in [0.1, 0.15) is 37.2 Å². The van der Waals surface area contributed by atoms with Crippen LogP contribution in [0.25, 0.3) is 11.3 Å². The Labute approximate surface area is 209 Å². The largest absolute Gasteiger partial charge is 0.455 e. The van der Waals surface area contributed by atoms with Gasteiger partial charge in [-0.2, -0.15) is 9.82 Å². The van der Waals surface area contributed by atoms with Crippen LogP contribution in [0.15, 0.2) is 69.0 Å². The van der Waals surface area contributed by atoms with Crippen LogP contribution in [0, 0.1) is 29.9 Å². The number of nitro benzene ring substituents is 1. The van der Waals surface area contributed by atoms with E-state index in [4.69, 9.17) is 4.42 Å². The maximum atomic E-state index is 12.8. The summed E-state index contributed by atoms with van der Waals surface area (Å²) in [6.07, 6.45) is 1.57. The van der Waals surface area contributed by atoms with E-state index in [1.165, 1.54) is 30.5 Å². The van der Waals surface area contributed by atoms with Crippen molar-refractivity contribution in [1.29, 1.82) is 0 Å². The summed E-state index contributed by atoms with van der Waals surface area (Å²) in [4.78, 5) is 23.3. The molecule has 36 heavy (non-hydrogen) atoms. The second kappa shape index (κ2) is 11.3. The number of nitrogens with zero attached hydrogens (tertiary/aromatic N) is 2. The Bertz CT molecular complexity index is 1380. The molecule has 0 saturated heterocycles. The standard InChI is InChI=1S/C25H28N4O6S/c1-16(2)13-23(28-36(33,34)21-9-5-17(3)6-10-21)25(30)27-26-15-20-8-12-24(35-20)22-11-7-19(29(31)32)14-18(22)4/h5-12,14-16,23,28H,13H2,1-4H3,(H,27,30)/b26-15-/t23-/m0/s1. The molecular formula is C25H28N4O6S. The van der Waals surface area contributed by atoms with Crippen LogP contribution in [0.5, 0.6) is 0 Å². The van der Waals surface area contributed by atoms with E-state index in [2.05, 4.69) is 15.2 Å². The third-order valence-electron chi connectivity index (χ3n) is 5.33. The van der Waals surface area contributed by atoms with Gasteiger partial charge in [0, 0.05) is 17.7 Å². The summed E-state index contributed by atoms with van der Waals surface area (Å²) in [6, 6.07) is 13.1. The van der Waals surface area contributed by atoms with E-state index in [1.807, 2.05) is 20.8 Å². The fourth-order valence-corrected chi connectivity index (χ4v) is 4.70. The van der Waals surface area contributed by atoms with E-state index in [0.717, 1.165) is 5.56 Å². The predicted molar refractivity (Wildman–Crippen MR) is 136 cm³/mol. The number of furan rings is 1. The quantitative estimate of drug-likeness (QED) is 0.235. The van der Waals surface area contributed by atoms with Gasteiger partial charge in [0.25, 0.3) is 11.6 Å². The lowest BCUT2D eigenvalue weighted by Crippen LogP contribution is -2.46. The number of nitrogens with one attached hydrogen (secondary N) is 2. The van der Waals surface area contributed by atoms with E-state index in [9.17, 15) is 23.3 Å². The van der Waals surface area contributed by atoms with Crippen molar-refractivity contribution >= 4 is 27.8 Å². The van der Waals surface area contributed by atoms with Crippen molar-refractivity contribution in [1.82, 2.24) is 10.1 Å². The highest BCUT2D eigenvalue weighted by Gasteiger charge is 2.26. The van der Waals surface area contributed by atoms with Crippen LogP contribution in [-0.4, -0.2) is 31.5 Å². The first-order valence-electron chi connectivity index (χ1n) is 11.2. The highest BCUT2D eigenvalue weighted by Crippen LogP contribution is 2.28. The Morgan fingerprint density at radius 3 is 2.42 bits per heavy atom. The SMILES string of the molecule is Cc1ccc(S(=O)(=O)N[C@@H](CC(C)C)C(=O)N/N=C\c2ccc(-c3ccc([N+](=O)[O-])cc3C)o2)cc1. The van der Waals surface area contributed by atoms with Gasteiger partial charge < -0.3 is 4.42 Å². The van der Waals surface area contributed by atoms with Crippen molar-refractivity contribution in [2.24, 2.45) is 11.0 Å². The summed E-state index contributed by atoms with van der Waals surface area (Å²) < 4.78 is 33.7. The van der Waals surface area contributed by atoms with Crippen LogP contribution in [-0.2, 0) is 14.8 Å². The molecule has 0 spiro atoms. The number of sulfonamides is 1. The van der Waals surface area contributed by atoms with E-state index >= 15 is 0 Å². The molecule has 0 radical (unpaired) electrons. The van der Waals surface area contributed by atoms with Crippen molar-refractivity contribution in [2.75, 3.05) is 0 Å². The van der Waals surface area contributed by atoms with E-state index in [-0.39, 0.29) is 22.9 Å². The summed E-state index contributed by atoms with van der Waals surface area (Å²) in [5.41, 5.74) is 4.64. The average molecular weight is 513 g/mol. The number of benzene rings is 2. The van der Waals surface area contributed by atoms with Gasteiger partial charge in [-0.3, -0.25) is 14.9 Å². The summed E-state index contributed by atoms with van der Waals surface area (Å²) >= 11 is 0. The van der Waals surface area contributed by atoms with Gasteiger partial charge in [-0.25, -0.2) is 13.8 Å². The molecule has 1 aromatic heterocycles. The summed E-state index contributed by atoms with van der Waals surface area (Å²) in [7, 11) is -3.91. The third-order valence-corrected chi connectivity index (χ3v) is 6.82. The monoisotopic (exact) mass is 512 g/mol. The van der Waals surface area contributed by atoms with Gasteiger partial charge in [0.15, 0.2) is 0 Å². The number of hydrogen-bond donors (Lipinski definition) is 2. The number of hydrogen-bond acceptors (Lipinski definition) is 7. The molecule has 1 atom stereocenters. The second-order valence-corrected chi connectivity index (χ2v) is 10.5.